The highest BCUT2D eigenvalue weighted by molar-refractivity contribution is 6.44. The van der Waals surface area contributed by atoms with Gasteiger partial charge in [-0.2, -0.15) is 0 Å². The number of nitrogens with zero attached hydrogens (tertiary/aromatic N) is 6. The number of esters is 2. The van der Waals surface area contributed by atoms with Gasteiger partial charge in [0, 0.05) is 77.3 Å². The fourth-order valence-corrected chi connectivity index (χ4v) is 10.1. The third kappa shape index (κ3) is 14.2. The molecule has 0 unspecified atom stereocenters. The number of hydrogen-bond acceptors (Lipinski definition) is 13. The van der Waals surface area contributed by atoms with Crippen LogP contribution in [0.4, 0.5) is 22.7 Å². The molecule has 2 fully saturated rings. The van der Waals surface area contributed by atoms with Crippen LogP contribution >= 0.6 is 46.4 Å². The van der Waals surface area contributed by atoms with Gasteiger partial charge in [-0.05, 0) is 99.1 Å². The van der Waals surface area contributed by atoms with E-state index in [1.54, 1.807) is 24.3 Å². The zero-order valence-corrected chi connectivity index (χ0v) is 42.8. The standard InChI is InChI=1S/C52H60Cl4N6O9/c53-41-7-5-9-43(51(41)55)59-25-21-57(22-26-59)19-1-3-29-68-39-15-11-37-13-17-47(63)61(45(37)31-39)35-70-49(65)33-67-34-50(66)71-36-62-46-32-40(16-12-38(46)14-18-48(62)64)69-30-4-2-20-58-23-27-60(28-24-58)44-10-6-8-42(54)52(44)56/h5-12,15-16,31-32H,1-4,13-14,17-30,33-36H2. The van der Waals surface area contributed by atoms with Crippen LogP contribution in [0.3, 0.4) is 0 Å². The Morgan fingerprint density at radius 2 is 0.915 bits per heavy atom. The molecule has 2 amide bonds. The van der Waals surface area contributed by atoms with Gasteiger partial charge in [-0.3, -0.25) is 29.2 Å². The van der Waals surface area contributed by atoms with E-state index in [4.69, 9.17) is 70.1 Å². The summed E-state index contributed by atoms with van der Waals surface area (Å²) in [6.07, 6.45) is 5.33. The fourth-order valence-electron chi connectivity index (χ4n) is 9.22. The van der Waals surface area contributed by atoms with Gasteiger partial charge >= 0.3 is 11.9 Å². The average molecular weight is 1050 g/mol. The van der Waals surface area contributed by atoms with Gasteiger partial charge in [0.05, 0.1) is 56.1 Å². The number of amides is 2. The van der Waals surface area contributed by atoms with Gasteiger partial charge in [0.2, 0.25) is 11.8 Å². The van der Waals surface area contributed by atoms with Crippen LogP contribution in [0, 0.1) is 0 Å². The van der Waals surface area contributed by atoms with Gasteiger partial charge in [-0.15, -0.1) is 0 Å². The van der Waals surface area contributed by atoms with Crippen molar-refractivity contribution in [3.63, 3.8) is 0 Å². The number of anilines is 4. The number of ether oxygens (including phenoxy) is 5. The lowest BCUT2D eigenvalue weighted by molar-refractivity contribution is -0.155. The molecule has 0 aromatic heterocycles. The van der Waals surface area contributed by atoms with Crippen LogP contribution < -0.4 is 29.1 Å². The van der Waals surface area contributed by atoms with Crippen LogP contribution in [0.1, 0.15) is 49.7 Å². The predicted octanol–water partition coefficient (Wildman–Crippen LogP) is 8.54. The molecule has 0 spiro atoms. The Labute approximate surface area is 435 Å². The van der Waals surface area contributed by atoms with Crippen LogP contribution in [0.2, 0.25) is 20.1 Å². The minimum absolute atomic E-state index is 0.184. The molecule has 71 heavy (non-hydrogen) atoms. The van der Waals surface area contributed by atoms with Crippen molar-refractivity contribution >= 4 is 92.9 Å². The average Bonchev–Trinajstić information content (AvgIpc) is 3.37. The molecule has 4 aromatic carbocycles. The normalized spacial score (nSPS) is 16.5. The van der Waals surface area contributed by atoms with Crippen LogP contribution in [-0.4, -0.2) is 139 Å². The van der Waals surface area contributed by atoms with Crippen molar-refractivity contribution in [2.75, 3.05) is 125 Å². The molecule has 4 aliphatic heterocycles. The van der Waals surface area contributed by atoms with E-state index in [1.165, 1.54) is 9.80 Å². The lowest BCUT2D eigenvalue weighted by Crippen LogP contribution is -2.46. The maximum absolute atomic E-state index is 13.0. The van der Waals surface area contributed by atoms with Gasteiger partial charge in [-0.25, -0.2) is 9.59 Å². The third-order valence-corrected chi connectivity index (χ3v) is 14.8. The Balaban J connectivity index is 0.702. The fraction of sp³-hybridized carbons (Fsp3) is 0.462. The summed E-state index contributed by atoms with van der Waals surface area (Å²) in [5.74, 6) is -0.639. The highest BCUT2D eigenvalue weighted by atomic mass is 35.5. The number of aryl methyl sites for hydroxylation is 2. The first-order valence-electron chi connectivity index (χ1n) is 24.3. The van der Waals surface area contributed by atoms with E-state index in [9.17, 15) is 19.2 Å². The van der Waals surface area contributed by atoms with Crippen molar-refractivity contribution in [1.82, 2.24) is 9.80 Å². The first-order valence-corrected chi connectivity index (χ1v) is 25.9. The monoisotopic (exact) mass is 1050 g/mol. The zero-order valence-electron chi connectivity index (χ0n) is 39.8. The van der Waals surface area contributed by atoms with Crippen molar-refractivity contribution in [2.24, 2.45) is 0 Å². The largest absolute Gasteiger partial charge is 0.494 e. The number of hydrogen-bond donors (Lipinski definition) is 0. The summed E-state index contributed by atoms with van der Waals surface area (Å²) in [6.45, 7) is 8.48. The van der Waals surface area contributed by atoms with Gasteiger partial charge in [0.25, 0.3) is 0 Å². The molecule has 0 atom stereocenters. The maximum Gasteiger partial charge on any atom is 0.333 e. The lowest BCUT2D eigenvalue weighted by atomic mass is 10.0. The molecule has 2 saturated heterocycles. The second-order valence-corrected chi connectivity index (χ2v) is 19.5. The number of benzene rings is 4. The molecule has 0 aliphatic carbocycles. The minimum Gasteiger partial charge on any atom is -0.494 e. The summed E-state index contributed by atoms with van der Waals surface area (Å²) in [4.78, 5) is 63.7. The quantitative estimate of drug-likeness (QED) is 0.0551. The summed E-state index contributed by atoms with van der Waals surface area (Å²) in [7, 11) is 0. The number of piperazine rings is 2. The Morgan fingerprint density at radius 1 is 0.493 bits per heavy atom. The highest BCUT2D eigenvalue weighted by Crippen LogP contribution is 2.36. The molecule has 0 saturated carbocycles. The number of fused-ring (bicyclic) bond motifs is 2. The summed E-state index contributed by atoms with van der Waals surface area (Å²) >= 11 is 25.3. The molecule has 380 valence electrons. The van der Waals surface area contributed by atoms with Gasteiger partial charge in [-0.1, -0.05) is 70.7 Å². The Kier molecular flexibility index (Phi) is 18.9. The number of halogens is 4. The molecule has 0 radical (unpaired) electrons. The van der Waals surface area contributed by atoms with Gasteiger partial charge in [0.15, 0.2) is 13.5 Å². The zero-order chi connectivity index (χ0) is 49.7. The number of unbranched alkanes of at least 4 members (excludes halogenated alkanes) is 2. The molecule has 15 nitrogen and oxygen atoms in total. The first kappa shape index (κ1) is 52.3. The molecule has 4 aliphatic rings. The lowest BCUT2D eigenvalue weighted by Gasteiger charge is -2.36. The van der Waals surface area contributed by atoms with E-state index in [-0.39, 0.29) is 38.1 Å². The van der Waals surface area contributed by atoms with E-state index in [1.807, 2.05) is 48.5 Å². The second kappa shape index (κ2) is 25.6. The molecular weight excluding hydrogens is 994 g/mol. The van der Waals surface area contributed by atoms with Crippen molar-refractivity contribution in [1.29, 1.82) is 0 Å². The van der Waals surface area contributed by atoms with Crippen LogP contribution in [0.5, 0.6) is 11.5 Å². The Bertz CT molecular complexity index is 2330. The number of rotatable bonds is 22. The molecule has 19 heteroatoms. The van der Waals surface area contributed by atoms with E-state index >= 15 is 0 Å². The van der Waals surface area contributed by atoms with Crippen molar-refractivity contribution in [3.05, 3.63) is 104 Å². The highest BCUT2D eigenvalue weighted by Gasteiger charge is 2.28. The third-order valence-electron chi connectivity index (χ3n) is 13.2. The molecule has 8 rings (SSSR count). The van der Waals surface area contributed by atoms with E-state index < -0.39 is 25.2 Å². The van der Waals surface area contributed by atoms with E-state index in [0.717, 1.165) is 114 Å². The SMILES string of the molecule is O=C(COCC(=O)OCN1C(=O)CCc2ccc(OCCCCN3CCN(c4cccc(Cl)c4Cl)CC3)cc21)OCN1C(=O)CCc2ccc(OCCCCN3CCN(c4cccc(Cl)c4Cl)CC3)cc21. The molecule has 4 heterocycles. The summed E-state index contributed by atoms with van der Waals surface area (Å²) in [5, 5.41) is 2.32. The van der Waals surface area contributed by atoms with Crippen molar-refractivity contribution < 1.29 is 42.9 Å². The Morgan fingerprint density at radius 3 is 1.34 bits per heavy atom. The predicted molar refractivity (Wildman–Crippen MR) is 277 cm³/mol. The second-order valence-electron chi connectivity index (χ2n) is 17.9. The Hall–Kier alpha value is -5.00. The van der Waals surface area contributed by atoms with Gasteiger partial charge in [0.1, 0.15) is 24.7 Å². The number of carbonyl (C=O) groups is 4. The first-order chi connectivity index (χ1) is 34.5. The van der Waals surface area contributed by atoms with E-state index in [2.05, 4.69) is 19.6 Å². The van der Waals surface area contributed by atoms with Crippen molar-refractivity contribution in [2.45, 2.75) is 51.4 Å². The van der Waals surface area contributed by atoms with E-state index in [0.29, 0.717) is 69.0 Å². The molecule has 4 aromatic rings. The van der Waals surface area contributed by atoms with Crippen LogP contribution in [0.25, 0.3) is 0 Å². The maximum atomic E-state index is 13.0. The number of carbonyl (C=O) groups excluding carboxylic acids is 4. The summed E-state index contributed by atoms with van der Waals surface area (Å²) in [6, 6.07) is 22.7. The molecule has 0 bridgehead atoms. The summed E-state index contributed by atoms with van der Waals surface area (Å²) < 4.78 is 28.3. The van der Waals surface area contributed by atoms with Crippen molar-refractivity contribution in [3.8, 4) is 11.5 Å². The van der Waals surface area contributed by atoms with Crippen LogP contribution in [-0.2, 0) is 46.2 Å². The summed E-state index contributed by atoms with van der Waals surface area (Å²) in [5.41, 5.74) is 5.08. The van der Waals surface area contributed by atoms with Crippen LogP contribution in [0.15, 0.2) is 72.8 Å². The smallest absolute Gasteiger partial charge is 0.333 e. The topological polar surface area (TPSA) is 134 Å². The molecular formula is C52H60Cl4N6O9. The van der Waals surface area contributed by atoms with Gasteiger partial charge < -0.3 is 33.5 Å². The minimum atomic E-state index is -0.758. The molecule has 0 N–H and O–H groups in total.